The van der Waals surface area contributed by atoms with Crippen molar-refractivity contribution in [3.05, 3.63) is 77.4 Å². The van der Waals surface area contributed by atoms with Gasteiger partial charge in [0.05, 0.1) is 7.11 Å². The second kappa shape index (κ2) is 18.1. The Labute approximate surface area is 263 Å². The third-order valence-corrected chi connectivity index (χ3v) is 9.40. The lowest BCUT2D eigenvalue weighted by molar-refractivity contribution is 0.417. The van der Waals surface area contributed by atoms with E-state index in [1.807, 2.05) is 0 Å². The molecule has 4 aromatic carbocycles. The lowest BCUT2D eigenvalue weighted by atomic mass is 9.92. The van der Waals surface area contributed by atoms with Gasteiger partial charge in [0.25, 0.3) is 0 Å². The summed E-state index contributed by atoms with van der Waals surface area (Å²) in [6.07, 6.45) is 24.2. The fourth-order valence-electron chi connectivity index (χ4n) is 6.69. The summed E-state index contributed by atoms with van der Waals surface area (Å²) in [5.41, 5.74) is 6.70. The Bertz CT molecular complexity index is 1400. The molecule has 0 fully saturated rings. The molecule has 4 aromatic rings. The van der Waals surface area contributed by atoms with E-state index in [1.54, 1.807) is 7.11 Å². The summed E-state index contributed by atoms with van der Waals surface area (Å²) in [4.78, 5) is 0. The van der Waals surface area contributed by atoms with Gasteiger partial charge in [-0.3, -0.25) is 0 Å². The van der Waals surface area contributed by atoms with E-state index >= 15 is 0 Å². The Kier molecular flexibility index (Phi) is 13.9. The average molecular weight is 579 g/mol. The van der Waals surface area contributed by atoms with Gasteiger partial charge < -0.3 is 4.74 Å². The van der Waals surface area contributed by atoms with Crippen molar-refractivity contribution in [2.45, 2.75) is 136 Å². The van der Waals surface area contributed by atoms with Crippen molar-refractivity contribution in [3.8, 4) is 16.9 Å². The summed E-state index contributed by atoms with van der Waals surface area (Å²) >= 11 is 0. The molecule has 0 aliphatic carbocycles. The van der Waals surface area contributed by atoms with E-state index in [2.05, 4.69) is 81.4 Å². The van der Waals surface area contributed by atoms with E-state index in [4.69, 9.17) is 4.74 Å². The first-order valence-corrected chi connectivity index (χ1v) is 17.8. The summed E-state index contributed by atoms with van der Waals surface area (Å²) < 4.78 is 5.96. The minimum atomic E-state index is 0.959. The van der Waals surface area contributed by atoms with E-state index in [0.29, 0.717) is 0 Å². The van der Waals surface area contributed by atoms with E-state index in [9.17, 15) is 0 Å². The number of rotatable bonds is 20. The maximum absolute atomic E-state index is 5.96. The Morgan fingerprint density at radius 2 is 0.884 bits per heavy atom. The fourth-order valence-corrected chi connectivity index (χ4v) is 6.69. The molecule has 0 aliphatic heterocycles. The van der Waals surface area contributed by atoms with Crippen molar-refractivity contribution in [2.24, 2.45) is 0 Å². The minimum Gasteiger partial charge on any atom is -0.496 e. The van der Waals surface area contributed by atoms with Gasteiger partial charge in [-0.15, -0.1) is 0 Å². The van der Waals surface area contributed by atoms with E-state index in [-0.39, 0.29) is 0 Å². The molecule has 0 saturated carbocycles. The number of benzene rings is 4. The maximum Gasteiger partial charge on any atom is 0.127 e. The number of methoxy groups -OCH3 is 1. The molecule has 1 nitrogen and oxygen atoms in total. The van der Waals surface area contributed by atoms with E-state index in [1.165, 1.54) is 165 Å². The van der Waals surface area contributed by atoms with Crippen LogP contribution in [0.3, 0.4) is 0 Å². The SMILES string of the molecule is CCCCCCCCCCc1ccc2cc(C)c(-c3cc4cc(CCCCCCCCCC)ccc4cc3OC)cc2c1. The van der Waals surface area contributed by atoms with Crippen LogP contribution in [0.1, 0.15) is 133 Å². The van der Waals surface area contributed by atoms with E-state index < -0.39 is 0 Å². The summed E-state index contributed by atoms with van der Waals surface area (Å²) in [5, 5.41) is 5.23. The summed E-state index contributed by atoms with van der Waals surface area (Å²) in [6, 6.07) is 23.5. The molecule has 0 saturated heterocycles. The van der Waals surface area contributed by atoms with Crippen molar-refractivity contribution >= 4 is 21.5 Å². The lowest BCUT2D eigenvalue weighted by Crippen LogP contribution is -1.93. The summed E-state index contributed by atoms with van der Waals surface area (Å²) in [5.74, 6) is 0.959. The monoisotopic (exact) mass is 578 g/mol. The molecule has 0 aliphatic rings. The zero-order valence-electron chi connectivity index (χ0n) is 27.9. The first-order valence-electron chi connectivity index (χ1n) is 17.8. The van der Waals surface area contributed by atoms with Crippen molar-refractivity contribution < 1.29 is 4.74 Å². The molecule has 0 atom stereocenters. The molecule has 0 bridgehead atoms. The van der Waals surface area contributed by atoms with E-state index in [0.717, 1.165) is 5.75 Å². The van der Waals surface area contributed by atoms with Gasteiger partial charge in [0.2, 0.25) is 0 Å². The quantitative estimate of drug-likeness (QED) is 0.0948. The molecular weight excluding hydrogens is 520 g/mol. The average Bonchev–Trinajstić information content (AvgIpc) is 3.02. The second-order valence-corrected chi connectivity index (χ2v) is 13.0. The smallest absolute Gasteiger partial charge is 0.127 e. The van der Waals surface area contributed by atoms with Crippen LogP contribution in [-0.4, -0.2) is 7.11 Å². The predicted octanol–water partition coefficient (Wildman–Crippen LogP) is 13.3. The minimum absolute atomic E-state index is 0.959. The number of ether oxygens (including phenoxy) is 1. The number of hydrogen-bond donors (Lipinski definition) is 0. The largest absolute Gasteiger partial charge is 0.496 e. The van der Waals surface area contributed by atoms with Gasteiger partial charge in [-0.2, -0.15) is 0 Å². The Hall–Kier alpha value is -2.80. The Balaban J connectivity index is 1.44. The maximum atomic E-state index is 5.96. The topological polar surface area (TPSA) is 9.23 Å². The molecule has 0 heterocycles. The molecule has 0 amide bonds. The van der Waals surface area contributed by atoms with Crippen LogP contribution in [0, 0.1) is 6.92 Å². The number of fused-ring (bicyclic) bond motifs is 2. The highest BCUT2D eigenvalue weighted by Gasteiger charge is 2.13. The third kappa shape index (κ3) is 10.1. The molecule has 232 valence electrons. The second-order valence-electron chi connectivity index (χ2n) is 13.0. The zero-order chi connectivity index (χ0) is 30.3. The first kappa shape index (κ1) is 33.1. The molecule has 0 unspecified atom stereocenters. The molecule has 0 spiro atoms. The first-order chi connectivity index (χ1) is 21.1. The highest BCUT2D eigenvalue weighted by Crippen LogP contribution is 2.38. The van der Waals surface area contributed by atoms with Crippen LogP contribution in [0.5, 0.6) is 5.75 Å². The summed E-state index contributed by atoms with van der Waals surface area (Å²) in [6.45, 7) is 6.83. The van der Waals surface area contributed by atoms with Gasteiger partial charge in [-0.25, -0.2) is 0 Å². The van der Waals surface area contributed by atoms with Crippen molar-refractivity contribution in [1.29, 1.82) is 0 Å². The van der Waals surface area contributed by atoms with Crippen LogP contribution in [0.25, 0.3) is 32.7 Å². The molecule has 4 rings (SSSR count). The molecule has 0 aromatic heterocycles. The van der Waals surface area contributed by atoms with Gasteiger partial charge in [-0.1, -0.05) is 146 Å². The van der Waals surface area contributed by atoms with Gasteiger partial charge >= 0.3 is 0 Å². The molecule has 43 heavy (non-hydrogen) atoms. The van der Waals surface area contributed by atoms with Crippen LogP contribution in [0.4, 0.5) is 0 Å². The molecule has 0 N–H and O–H groups in total. The highest BCUT2D eigenvalue weighted by molar-refractivity contribution is 5.95. The zero-order valence-corrected chi connectivity index (χ0v) is 27.9. The summed E-state index contributed by atoms with van der Waals surface area (Å²) in [7, 11) is 1.81. The van der Waals surface area contributed by atoms with Crippen LogP contribution in [0.15, 0.2) is 60.7 Å². The molecule has 0 radical (unpaired) electrons. The molecular formula is C42H58O. The fraction of sp³-hybridized carbons (Fsp3) is 0.524. The lowest BCUT2D eigenvalue weighted by Gasteiger charge is -2.15. The van der Waals surface area contributed by atoms with Crippen molar-refractivity contribution in [2.75, 3.05) is 7.11 Å². The van der Waals surface area contributed by atoms with Crippen LogP contribution < -0.4 is 4.74 Å². The number of hydrogen-bond acceptors (Lipinski definition) is 1. The Morgan fingerprint density at radius 3 is 1.37 bits per heavy atom. The van der Waals surface area contributed by atoms with Crippen LogP contribution in [-0.2, 0) is 12.8 Å². The normalized spacial score (nSPS) is 11.5. The van der Waals surface area contributed by atoms with Crippen molar-refractivity contribution in [1.82, 2.24) is 0 Å². The predicted molar refractivity (Wildman–Crippen MR) is 191 cm³/mol. The van der Waals surface area contributed by atoms with Crippen LogP contribution >= 0.6 is 0 Å². The van der Waals surface area contributed by atoms with Crippen LogP contribution in [0.2, 0.25) is 0 Å². The molecule has 1 heteroatoms. The van der Waals surface area contributed by atoms with Gasteiger partial charge in [0.1, 0.15) is 5.75 Å². The van der Waals surface area contributed by atoms with Gasteiger partial charge in [0.15, 0.2) is 0 Å². The highest BCUT2D eigenvalue weighted by atomic mass is 16.5. The van der Waals surface area contributed by atoms with Gasteiger partial charge in [-0.05, 0) is 94.6 Å². The third-order valence-electron chi connectivity index (χ3n) is 9.40. The number of aryl methyl sites for hydroxylation is 3. The van der Waals surface area contributed by atoms with Gasteiger partial charge in [0, 0.05) is 5.56 Å². The van der Waals surface area contributed by atoms with Crippen molar-refractivity contribution in [3.63, 3.8) is 0 Å². The standard InChI is InChI=1S/C42H58O/c1-5-7-9-11-13-15-17-19-21-34-23-25-36-27-33(3)40(30-38(36)28-34)41-31-39-29-35(24-26-37(39)32-42(41)43-4)22-20-18-16-14-12-10-8-6-2/h23-32H,5-22H2,1-4H3. The Morgan fingerprint density at radius 1 is 0.442 bits per heavy atom. The number of unbranched alkanes of at least 4 members (excludes halogenated alkanes) is 14.